The third-order valence-corrected chi connectivity index (χ3v) is 3.33. The van der Waals surface area contributed by atoms with E-state index in [-0.39, 0.29) is 6.04 Å². The molecule has 2 aromatic carbocycles. The number of ether oxygens (including phenoxy) is 2. The zero-order valence-electron chi connectivity index (χ0n) is 12.3. The molecule has 112 valence electrons. The van der Waals surface area contributed by atoms with Gasteiger partial charge in [-0.3, -0.25) is 0 Å². The summed E-state index contributed by atoms with van der Waals surface area (Å²) < 4.78 is 10.7. The first-order valence-corrected chi connectivity index (χ1v) is 7.07. The Morgan fingerprint density at radius 3 is 1.90 bits per heavy atom. The van der Waals surface area contributed by atoms with E-state index < -0.39 is 0 Å². The van der Waals surface area contributed by atoms with Crippen LogP contribution < -0.4 is 20.9 Å². The Labute approximate surface area is 125 Å². The Hall–Kier alpha value is -2.04. The van der Waals surface area contributed by atoms with Crippen LogP contribution in [0.15, 0.2) is 48.5 Å². The molecule has 0 heterocycles. The zero-order chi connectivity index (χ0) is 15.1. The molecule has 0 bridgehead atoms. The van der Waals surface area contributed by atoms with Crippen molar-refractivity contribution in [3.05, 3.63) is 59.7 Å². The van der Waals surface area contributed by atoms with Crippen molar-refractivity contribution in [3.8, 4) is 11.5 Å². The van der Waals surface area contributed by atoms with Crippen LogP contribution in [-0.4, -0.2) is 20.3 Å². The molecule has 1 atom stereocenters. The first-order valence-electron chi connectivity index (χ1n) is 7.07. The molecule has 0 aliphatic rings. The van der Waals surface area contributed by atoms with Gasteiger partial charge in [-0.1, -0.05) is 24.3 Å². The molecule has 0 saturated heterocycles. The molecule has 2 rings (SSSR count). The molecule has 0 saturated carbocycles. The molecule has 4 N–H and O–H groups in total. The molecular formula is C17H22N2O2. The molecule has 4 heteroatoms. The standard InChI is InChI=1S/C17H22N2O2/c1-20-15-7-3-13(4-8-15)17(19)14-5-9-16(10-6-14)21-12-2-11-18/h3-10,17H,2,11-12,18-19H2,1H3. The van der Waals surface area contributed by atoms with Crippen LogP contribution in [0, 0.1) is 0 Å². The minimum Gasteiger partial charge on any atom is -0.497 e. The van der Waals surface area contributed by atoms with E-state index in [1.54, 1.807) is 7.11 Å². The van der Waals surface area contributed by atoms with E-state index in [0.29, 0.717) is 13.2 Å². The summed E-state index contributed by atoms with van der Waals surface area (Å²) in [5.41, 5.74) is 13.8. The van der Waals surface area contributed by atoms with Crippen LogP contribution in [0.25, 0.3) is 0 Å². The van der Waals surface area contributed by atoms with Crippen LogP contribution in [0.5, 0.6) is 11.5 Å². The van der Waals surface area contributed by atoms with E-state index in [4.69, 9.17) is 20.9 Å². The van der Waals surface area contributed by atoms with Crippen LogP contribution in [0.3, 0.4) is 0 Å². The second-order valence-corrected chi connectivity index (χ2v) is 4.81. The highest BCUT2D eigenvalue weighted by atomic mass is 16.5. The monoisotopic (exact) mass is 286 g/mol. The van der Waals surface area contributed by atoms with Crippen molar-refractivity contribution in [2.24, 2.45) is 11.5 Å². The number of benzene rings is 2. The summed E-state index contributed by atoms with van der Waals surface area (Å²) in [6.45, 7) is 1.28. The van der Waals surface area contributed by atoms with Crippen LogP contribution >= 0.6 is 0 Å². The number of hydrogen-bond acceptors (Lipinski definition) is 4. The van der Waals surface area contributed by atoms with E-state index in [2.05, 4.69) is 0 Å². The minimum absolute atomic E-state index is 0.158. The third-order valence-electron chi connectivity index (χ3n) is 3.33. The fourth-order valence-corrected chi connectivity index (χ4v) is 2.05. The second-order valence-electron chi connectivity index (χ2n) is 4.81. The SMILES string of the molecule is COc1ccc(C(N)c2ccc(OCCCN)cc2)cc1. The Morgan fingerprint density at radius 1 is 0.905 bits per heavy atom. The third kappa shape index (κ3) is 4.21. The molecule has 0 amide bonds. The first kappa shape index (κ1) is 15.4. The summed E-state index contributed by atoms with van der Waals surface area (Å²) in [6, 6.07) is 15.5. The second kappa shape index (κ2) is 7.67. The van der Waals surface area contributed by atoms with Crippen LogP contribution in [0.2, 0.25) is 0 Å². The van der Waals surface area contributed by atoms with Gasteiger partial charge < -0.3 is 20.9 Å². The molecule has 4 nitrogen and oxygen atoms in total. The van der Waals surface area contributed by atoms with Crippen molar-refractivity contribution in [1.82, 2.24) is 0 Å². The number of hydrogen-bond donors (Lipinski definition) is 2. The number of methoxy groups -OCH3 is 1. The smallest absolute Gasteiger partial charge is 0.119 e. The fraction of sp³-hybridized carbons (Fsp3) is 0.294. The molecule has 0 aliphatic carbocycles. The topological polar surface area (TPSA) is 70.5 Å². The maximum atomic E-state index is 6.28. The summed E-state index contributed by atoms with van der Waals surface area (Å²) in [5, 5.41) is 0. The van der Waals surface area contributed by atoms with Gasteiger partial charge in [0.1, 0.15) is 11.5 Å². The molecular weight excluding hydrogens is 264 g/mol. The van der Waals surface area contributed by atoms with Gasteiger partial charge in [-0.05, 0) is 48.4 Å². The quantitative estimate of drug-likeness (QED) is 0.767. The summed E-state index contributed by atoms with van der Waals surface area (Å²) in [6.07, 6.45) is 0.854. The summed E-state index contributed by atoms with van der Waals surface area (Å²) in [7, 11) is 1.65. The average molecular weight is 286 g/mol. The van der Waals surface area contributed by atoms with E-state index in [1.807, 2.05) is 48.5 Å². The van der Waals surface area contributed by atoms with Gasteiger partial charge in [0.2, 0.25) is 0 Å². The van der Waals surface area contributed by atoms with Crippen molar-refractivity contribution in [3.63, 3.8) is 0 Å². The predicted molar refractivity (Wildman–Crippen MR) is 84.6 cm³/mol. The molecule has 0 aromatic heterocycles. The lowest BCUT2D eigenvalue weighted by Gasteiger charge is -2.14. The van der Waals surface area contributed by atoms with Crippen molar-refractivity contribution >= 4 is 0 Å². The number of rotatable bonds is 7. The fourth-order valence-electron chi connectivity index (χ4n) is 2.05. The average Bonchev–Trinajstić information content (AvgIpc) is 2.55. The molecule has 21 heavy (non-hydrogen) atoms. The van der Waals surface area contributed by atoms with Gasteiger partial charge in [0, 0.05) is 0 Å². The van der Waals surface area contributed by atoms with Crippen LogP contribution in [-0.2, 0) is 0 Å². The largest absolute Gasteiger partial charge is 0.497 e. The molecule has 0 spiro atoms. The van der Waals surface area contributed by atoms with Gasteiger partial charge in [-0.15, -0.1) is 0 Å². The first-order chi connectivity index (χ1) is 10.2. The lowest BCUT2D eigenvalue weighted by atomic mass is 9.99. The number of nitrogens with two attached hydrogens (primary N) is 2. The summed E-state index contributed by atoms with van der Waals surface area (Å²) in [4.78, 5) is 0. The zero-order valence-corrected chi connectivity index (χ0v) is 12.3. The summed E-state index contributed by atoms with van der Waals surface area (Å²) in [5.74, 6) is 1.67. The Balaban J connectivity index is 2.02. The normalized spacial score (nSPS) is 12.0. The Kier molecular flexibility index (Phi) is 5.60. The predicted octanol–water partition coefficient (Wildman–Crippen LogP) is 2.47. The highest BCUT2D eigenvalue weighted by Crippen LogP contribution is 2.23. The molecule has 0 radical (unpaired) electrons. The van der Waals surface area contributed by atoms with E-state index in [9.17, 15) is 0 Å². The molecule has 2 aromatic rings. The maximum absolute atomic E-state index is 6.28. The Bertz CT molecular complexity index is 538. The van der Waals surface area contributed by atoms with Gasteiger partial charge in [-0.25, -0.2) is 0 Å². The molecule has 0 aliphatic heterocycles. The van der Waals surface area contributed by atoms with Crippen LogP contribution in [0.1, 0.15) is 23.6 Å². The van der Waals surface area contributed by atoms with Gasteiger partial charge in [0.15, 0.2) is 0 Å². The lowest BCUT2D eigenvalue weighted by molar-refractivity contribution is 0.313. The van der Waals surface area contributed by atoms with Gasteiger partial charge >= 0.3 is 0 Å². The minimum atomic E-state index is -0.158. The maximum Gasteiger partial charge on any atom is 0.119 e. The highest BCUT2D eigenvalue weighted by Gasteiger charge is 2.09. The van der Waals surface area contributed by atoms with E-state index >= 15 is 0 Å². The van der Waals surface area contributed by atoms with E-state index in [0.717, 1.165) is 29.0 Å². The van der Waals surface area contributed by atoms with Crippen molar-refractivity contribution in [2.45, 2.75) is 12.5 Å². The van der Waals surface area contributed by atoms with Crippen molar-refractivity contribution in [1.29, 1.82) is 0 Å². The lowest BCUT2D eigenvalue weighted by Crippen LogP contribution is -2.11. The van der Waals surface area contributed by atoms with Crippen LogP contribution in [0.4, 0.5) is 0 Å². The summed E-state index contributed by atoms with van der Waals surface area (Å²) >= 11 is 0. The highest BCUT2D eigenvalue weighted by molar-refractivity contribution is 5.37. The van der Waals surface area contributed by atoms with E-state index in [1.165, 1.54) is 0 Å². The Morgan fingerprint density at radius 2 is 1.43 bits per heavy atom. The molecule has 0 fully saturated rings. The van der Waals surface area contributed by atoms with Gasteiger partial charge in [0.05, 0.1) is 19.8 Å². The van der Waals surface area contributed by atoms with Crippen molar-refractivity contribution < 1.29 is 9.47 Å². The van der Waals surface area contributed by atoms with Gasteiger partial charge in [-0.2, -0.15) is 0 Å². The van der Waals surface area contributed by atoms with Crippen molar-refractivity contribution in [2.75, 3.05) is 20.3 Å². The van der Waals surface area contributed by atoms with Gasteiger partial charge in [0.25, 0.3) is 0 Å². The molecule has 1 unspecified atom stereocenters.